The molecule has 1 saturated carbocycles. The van der Waals surface area contributed by atoms with E-state index in [4.69, 9.17) is 0 Å². The fraction of sp³-hybridized carbons (Fsp3) is 0.429. The van der Waals surface area contributed by atoms with Crippen molar-refractivity contribution in [3.05, 3.63) is 29.8 Å². The highest BCUT2D eigenvalue weighted by Gasteiger charge is 2.48. The summed E-state index contributed by atoms with van der Waals surface area (Å²) in [6.07, 6.45) is 0.452. The fourth-order valence-corrected chi connectivity index (χ4v) is 1.98. The molecule has 2 rings (SSSR count). The van der Waals surface area contributed by atoms with Gasteiger partial charge in [-0.15, -0.1) is 0 Å². The van der Waals surface area contributed by atoms with Crippen LogP contribution >= 0.6 is 0 Å². The average molecular weight is 282 g/mol. The molecule has 0 heterocycles. The third-order valence-corrected chi connectivity index (χ3v) is 3.08. The second-order valence-electron chi connectivity index (χ2n) is 5.23. The van der Waals surface area contributed by atoms with Gasteiger partial charge in [-0.1, -0.05) is 0 Å². The van der Waals surface area contributed by atoms with E-state index in [0.29, 0.717) is 12.5 Å². The fourth-order valence-electron chi connectivity index (χ4n) is 1.98. The molecule has 1 aromatic rings. The van der Waals surface area contributed by atoms with E-state index in [1.165, 1.54) is 0 Å². The Morgan fingerprint density at radius 3 is 2.45 bits per heavy atom. The number of hydrogen-bond donors (Lipinski definition) is 2. The lowest BCUT2D eigenvalue weighted by molar-refractivity contribution is -0.125. The maximum atomic E-state index is 13.4. The molecule has 0 aliphatic heterocycles. The Labute approximate surface area is 115 Å². The summed E-state index contributed by atoms with van der Waals surface area (Å²) in [7, 11) is 0. The molecule has 0 spiro atoms. The first kappa shape index (κ1) is 14.4. The molecule has 1 aliphatic carbocycles. The first-order valence-electron chi connectivity index (χ1n) is 6.44. The van der Waals surface area contributed by atoms with Gasteiger partial charge in [-0.2, -0.15) is 0 Å². The summed E-state index contributed by atoms with van der Waals surface area (Å²) in [6, 6.07) is 2.94. The zero-order valence-corrected chi connectivity index (χ0v) is 11.2. The van der Waals surface area contributed by atoms with Crippen LogP contribution < -0.4 is 10.6 Å². The van der Waals surface area contributed by atoms with Crippen LogP contribution in [-0.4, -0.2) is 17.9 Å². The van der Waals surface area contributed by atoms with Gasteiger partial charge in [-0.25, -0.2) is 8.78 Å². The number of carbonyl (C=O) groups is 2. The number of halogens is 2. The molecule has 2 unspecified atom stereocenters. The zero-order valence-electron chi connectivity index (χ0n) is 11.2. The van der Waals surface area contributed by atoms with E-state index in [-0.39, 0.29) is 23.6 Å². The van der Waals surface area contributed by atoms with Crippen molar-refractivity contribution in [3.63, 3.8) is 0 Å². The molecule has 2 amide bonds. The molecule has 2 N–H and O–H groups in total. The molecule has 2 atom stereocenters. The normalized spacial score (nSPS) is 20.6. The van der Waals surface area contributed by atoms with Crippen molar-refractivity contribution in [2.24, 2.45) is 11.8 Å². The van der Waals surface area contributed by atoms with E-state index < -0.39 is 23.5 Å². The standard InChI is InChI=1S/C14H16F2N2O2/c1-7(2)17-13(19)9-6-10(9)14(20)18-12-4-3-8(15)5-11(12)16/h3-5,7,9-10H,6H2,1-2H3,(H,17,19)(H,18,20). The van der Waals surface area contributed by atoms with Crippen LogP contribution in [0.5, 0.6) is 0 Å². The van der Waals surface area contributed by atoms with E-state index in [1.54, 1.807) is 0 Å². The number of amides is 2. The summed E-state index contributed by atoms with van der Waals surface area (Å²) in [6.45, 7) is 3.67. The SMILES string of the molecule is CC(C)NC(=O)C1CC1C(=O)Nc1ccc(F)cc1F. The van der Waals surface area contributed by atoms with E-state index >= 15 is 0 Å². The van der Waals surface area contributed by atoms with Gasteiger partial charge >= 0.3 is 0 Å². The number of benzene rings is 1. The summed E-state index contributed by atoms with van der Waals surface area (Å²) in [5.74, 6) is -2.93. The molecule has 20 heavy (non-hydrogen) atoms. The Morgan fingerprint density at radius 2 is 1.85 bits per heavy atom. The highest BCUT2D eigenvalue weighted by molar-refractivity contribution is 5.99. The lowest BCUT2D eigenvalue weighted by Crippen LogP contribution is -2.32. The quantitative estimate of drug-likeness (QED) is 0.888. The smallest absolute Gasteiger partial charge is 0.228 e. The Balaban J connectivity index is 1.92. The minimum Gasteiger partial charge on any atom is -0.354 e. The van der Waals surface area contributed by atoms with Gasteiger partial charge in [0.05, 0.1) is 17.5 Å². The van der Waals surface area contributed by atoms with Crippen LogP contribution in [0.25, 0.3) is 0 Å². The minimum atomic E-state index is -0.831. The monoisotopic (exact) mass is 282 g/mol. The second-order valence-corrected chi connectivity index (χ2v) is 5.23. The summed E-state index contributed by atoms with van der Waals surface area (Å²) < 4.78 is 26.1. The molecule has 1 aliphatic rings. The van der Waals surface area contributed by atoms with Gasteiger partial charge in [-0.3, -0.25) is 9.59 Å². The van der Waals surface area contributed by atoms with Crippen molar-refractivity contribution in [2.75, 3.05) is 5.32 Å². The average Bonchev–Trinajstić information content (AvgIpc) is 3.12. The summed E-state index contributed by atoms with van der Waals surface area (Å²) in [4.78, 5) is 23.5. The van der Waals surface area contributed by atoms with Crippen LogP contribution in [0.4, 0.5) is 14.5 Å². The molecule has 0 saturated heterocycles. The van der Waals surface area contributed by atoms with Crippen LogP contribution in [0.2, 0.25) is 0 Å². The third-order valence-electron chi connectivity index (χ3n) is 3.08. The van der Waals surface area contributed by atoms with Crippen LogP contribution in [-0.2, 0) is 9.59 Å². The summed E-state index contributed by atoms with van der Waals surface area (Å²) >= 11 is 0. The number of anilines is 1. The number of hydrogen-bond acceptors (Lipinski definition) is 2. The predicted molar refractivity (Wildman–Crippen MR) is 69.9 cm³/mol. The van der Waals surface area contributed by atoms with Crippen molar-refractivity contribution in [1.82, 2.24) is 5.32 Å². The lowest BCUT2D eigenvalue weighted by Gasteiger charge is -2.08. The van der Waals surface area contributed by atoms with Crippen molar-refractivity contribution < 1.29 is 18.4 Å². The van der Waals surface area contributed by atoms with E-state index in [9.17, 15) is 18.4 Å². The van der Waals surface area contributed by atoms with Crippen molar-refractivity contribution in [1.29, 1.82) is 0 Å². The molecular formula is C14H16F2N2O2. The highest BCUT2D eigenvalue weighted by Crippen LogP contribution is 2.39. The van der Waals surface area contributed by atoms with Gasteiger partial charge in [0, 0.05) is 12.1 Å². The van der Waals surface area contributed by atoms with E-state index in [1.807, 2.05) is 13.8 Å². The van der Waals surface area contributed by atoms with Crippen LogP contribution in [0.3, 0.4) is 0 Å². The second kappa shape index (κ2) is 5.56. The Hall–Kier alpha value is -1.98. The van der Waals surface area contributed by atoms with Gasteiger partial charge in [0.25, 0.3) is 0 Å². The highest BCUT2D eigenvalue weighted by atomic mass is 19.1. The molecule has 6 heteroatoms. The van der Waals surface area contributed by atoms with Crippen LogP contribution in [0.15, 0.2) is 18.2 Å². The topological polar surface area (TPSA) is 58.2 Å². The first-order chi connectivity index (χ1) is 9.38. The van der Waals surface area contributed by atoms with Crippen LogP contribution in [0, 0.1) is 23.5 Å². The van der Waals surface area contributed by atoms with Gasteiger partial charge in [0.15, 0.2) is 0 Å². The molecule has 1 aromatic carbocycles. The van der Waals surface area contributed by atoms with E-state index in [2.05, 4.69) is 10.6 Å². The van der Waals surface area contributed by atoms with Crippen molar-refractivity contribution in [2.45, 2.75) is 26.3 Å². The largest absolute Gasteiger partial charge is 0.354 e. The van der Waals surface area contributed by atoms with Crippen molar-refractivity contribution in [3.8, 4) is 0 Å². The summed E-state index contributed by atoms with van der Waals surface area (Å²) in [5.41, 5.74) is -0.0775. The van der Waals surface area contributed by atoms with Crippen LogP contribution in [0.1, 0.15) is 20.3 Å². The maximum absolute atomic E-state index is 13.4. The number of carbonyl (C=O) groups excluding carboxylic acids is 2. The number of rotatable bonds is 4. The Morgan fingerprint density at radius 1 is 1.20 bits per heavy atom. The Bertz CT molecular complexity index is 546. The molecule has 0 bridgehead atoms. The first-order valence-corrected chi connectivity index (χ1v) is 6.44. The Kier molecular flexibility index (Phi) is 4.01. The van der Waals surface area contributed by atoms with Gasteiger partial charge < -0.3 is 10.6 Å². The maximum Gasteiger partial charge on any atom is 0.228 e. The third kappa shape index (κ3) is 3.31. The number of nitrogens with one attached hydrogen (secondary N) is 2. The molecule has 0 aromatic heterocycles. The minimum absolute atomic E-state index is 0.0151. The molecule has 1 fully saturated rings. The van der Waals surface area contributed by atoms with E-state index in [0.717, 1.165) is 12.1 Å². The molecule has 0 radical (unpaired) electrons. The van der Waals surface area contributed by atoms with Crippen molar-refractivity contribution >= 4 is 17.5 Å². The summed E-state index contributed by atoms with van der Waals surface area (Å²) in [5, 5.41) is 5.11. The predicted octanol–water partition coefficient (Wildman–Crippen LogP) is 2.06. The lowest BCUT2D eigenvalue weighted by atomic mass is 10.2. The zero-order chi connectivity index (χ0) is 14.9. The molecule has 4 nitrogen and oxygen atoms in total. The van der Waals surface area contributed by atoms with Gasteiger partial charge in [-0.05, 0) is 32.4 Å². The molecular weight excluding hydrogens is 266 g/mol. The molecule has 108 valence electrons. The van der Waals surface area contributed by atoms with Gasteiger partial charge in [0.2, 0.25) is 11.8 Å². The van der Waals surface area contributed by atoms with Gasteiger partial charge in [0.1, 0.15) is 11.6 Å².